The Bertz CT molecular complexity index is 534. The predicted molar refractivity (Wildman–Crippen MR) is 102 cm³/mol. The highest BCUT2D eigenvalue weighted by molar-refractivity contribution is 9.10. The Labute approximate surface area is 157 Å². The Hall–Kier alpha value is -0.230. The molecule has 0 bridgehead atoms. The van der Waals surface area contributed by atoms with Crippen molar-refractivity contribution in [1.82, 2.24) is 10.6 Å². The van der Waals surface area contributed by atoms with Gasteiger partial charge in [-0.25, -0.2) is 0 Å². The van der Waals surface area contributed by atoms with Crippen LogP contribution in [0.1, 0.15) is 26.2 Å². The van der Waals surface area contributed by atoms with Crippen LogP contribution in [0.4, 0.5) is 0 Å². The second-order valence-electron chi connectivity index (χ2n) is 6.50. The number of hydrogen-bond donors (Lipinski definition) is 2. The summed E-state index contributed by atoms with van der Waals surface area (Å²) in [6, 6.07) is 8.33. The van der Waals surface area contributed by atoms with Gasteiger partial charge in [0.1, 0.15) is 0 Å². The first-order valence-corrected chi connectivity index (χ1v) is 9.67. The van der Waals surface area contributed by atoms with E-state index in [1.807, 2.05) is 11.8 Å². The molecule has 2 fully saturated rings. The standard InChI is InChI=1S/C17H23BrN2OS.ClH/c1-12(22-14-4-2-13(18)3-5-14)11-20-16(21)15-10-17(15)6-8-19-9-7-17;/h2-5,12,15,19H,6-11H2,1H3,(H,20,21);1H. The third-order valence-electron chi connectivity index (χ3n) is 4.82. The SMILES string of the molecule is CC(CNC(=O)C1CC12CCNCC2)Sc1ccc(Br)cc1.Cl. The Morgan fingerprint density at radius 1 is 1.39 bits per heavy atom. The van der Waals surface area contributed by atoms with Crippen LogP contribution in [0.3, 0.4) is 0 Å². The van der Waals surface area contributed by atoms with Gasteiger partial charge in [-0.15, -0.1) is 24.2 Å². The fourth-order valence-electron chi connectivity index (χ4n) is 3.35. The lowest BCUT2D eigenvalue weighted by Crippen LogP contribution is -2.35. The summed E-state index contributed by atoms with van der Waals surface area (Å²) in [5, 5.41) is 6.92. The van der Waals surface area contributed by atoms with E-state index in [1.165, 1.54) is 4.90 Å². The monoisotopic (exact) mass is 418 g/mol. The Morgan fingerprint density at radius 2 is 2.04 bits per heavy atom. The summed E-state index contributed by atoms with van der Waals surface area (Å²) >= 11 is 5.26. The lowest BCUT2D eigenvalue weighted by atomic mass is 9.92. The normalized spacial score (nSPS) is 23.0. The van der Waals surface area contributed by atoms with E-state index >= 15 is 0 Å². The minimum atomic E-state index is 0. The number of amides is 1. The summed E-state index contributed by atoms with van der Waals surface area (Å²) in [6.07, 6.45) is 3.41. The van der Waals surface area contributed by atoms with Gasteiger partial charge in [-0.1, -0.05) is 22.9 Å². The van der Waals surface area contributed by atoms with Gasteiger partial charge in [0.2, 0.25) is 5.91 Å². The first-order chi connectivity index (χ1) is 10.6. The lowest BCUT2D eigenvalue weighted by Gasteiger charge is -2.23. The van der Waals surface area contributed by atoms with E-state index in [4.69, 9.17) is 0 Å². The van der Waals surface area contributed by atoms with Crippen LogP contribution >= 0.6 is 40.1 Å². The molecule has 0 aromatic heterocycles. The third-order valence-corrected chi connectivity index (χ3v) is 6.46. The van der Waals surface area contributed by atoms with Crippen molar-refractivity contribution in [1.29, 1.82) is 0 Å². The molecule has 2 N–H and O–H groups in total. The van der Waals surface area contributed by atoms with Crippen molar-refractivity contribution in [3.05, 3.63) is 28.7 Å². The number of thioether (sulfide) groups is 1. The van der Waals surface area contributed by atoms with Crippen molar-refractivity contribution in [3.63, 3.8) is 0 Å². The number of nitrogens with one attached hydrogen (secondary N) is 2. The first-order valence-electron chi connectivity index (χ1n) is 8.00. The van der Waals surface area contributed by atoms with Crippen LogP contribution in [-0.4, -0.2) is 30.8 Å². The maximum Gasteiger partial charge on any atom is 0.223 e. The highest BCUT2D eigenvalue weighted by Crippen LogP contribution is 2.58. The van der Waals surface area contributed by atoms with Gasteiger partial charge in [-0.05, 0) is 62.0 Å². The summed E-state index contributed by atoms with van der Waals surface area (Å²) in [5.41, 5.74) is 0.331. The molecular formula is C17H24BrClN2OS. The van der Waals surface area contributed by atoms with Crippen molar-refractivity contribution in [3.8, 4) is 0 Å². The number of rotatable bonds is 5. The molecule has 1 spiro atoms. The molecule has 1 saturated heterocycles. The number of carbonyl (C=O) groups excluding carboxylic acids is 1. The second-order valence-corrected chi connectivity index (χ2v) is 8.92. The van der Waals surface area contributed by atoms with Crippen LogP contribution < -0.4 is 10.6 Å². The molecule has 2 aliphatic rings. The quantitative estimate of drug-likeness (QED) is 0.712. The zero-order valence-electron chi connectivity index (χ0n) is 13.3. The van der Waals surface area contributed by atoms with E-state index in [-0.39, 0.29) is 24.2 Å². The van der Waals surface area contributed by atoms with Crippen molar-refractivity contribution >= 4 is 46.0 Å². The van der Waals surface area contributed by atoms with Crippen LogP contribution in [0.15, 0.2) is 33.6 Å². The summed E-state index contributed by atoms with van der Waals surface area (Å²) in [6.45, 7) is 5.05. The molecular weight excluding hydrogens is 396 g/mol. The zero-order valence-corrected chi connectivity index (χ0v) is 16.5. The lowest BCUT2D eigenvalue weighted by molar-refractivity contribution is -0.123. The van der Waals surface area contributed by atoms with E-state index in [2.05, 4.69) is 57.8 Å². The highest BCUT2D eigenvalue weighted by Gasteiger charge is 2.57. The van der Waals surface area contributed by atoms with Crippen LogP contribution in [0.25, 0.3) is 0 Å². The van der Waals surface area contributed by atoms with Gasteiger partial charge in [0.15, 0.2) is 0 Å². The van der Waals surface area contributed by atoms with Gasteiger partial charge < -0.3 is 10.6 Å². The number of carbonyl (C=O) groups is 1. The minimum absolute atomic E-state index is 0. The van der Waals surface area contributed by atoms with Crippen molar-refractivity contribution in [2.45, 2.75) is 36.3 Å². The van der Waals surface area contributed by atoms with Gasteiger partial charge in [0.25, 0.3) is 0 Å². The topological polar surface area (TPSA) is 41.1 Å². The van der Waals surface area contributed by atoms with Crippen molar-refractivity contribution < 1.29 is 4.79 Å². The van der Waals surface area contributed by atoms with Gasteiger partial charge in [0, 0.05) is 27.1 Å². The van der Waals surface area contributed by atoms with Gasteiger partial charge in [0.05, 0.1) is 0 Å². The maximum absolute atomic E-state index is 12.3. The second kappa shape index (κ2) is 8.24. The molecule has 2 atom stereocenters. The van der Waals surface area contributed by atoms with E-state index in [0.29, 0.717) is 10.7 Å². The first kappa shape index (κ1) is 19.1. The highest BCUT2D eigenvalue weighted by atomic mass is 79.9. The molecule has 0 radical (unpaired) electrons. The number of hydrogen-bond acceptors (Lipinski definition) is 3. The average Bonchev–Trinajstić information content (AvgIpc) is 3.21. The van der Waals surface area contributed by atoms with Gasteiger partial charge in [-0.2, -0.15) is 0 Å². The zero-order chi connectivity index (χ0) is 15.6. The predicted octanol–water partition coefficient (Wildman–Crippen LogP) is 3.86. The summed E-state index contributed by atoms with van der Waals surface area (Å²) < 4.78 is 1.10. The van der Waals surface area contributed by atoms with E-state index < -0.39 is 0 Å². The Kier molecular flexibility index (Phi) is 6.84. The molecule has 23 heavy (non-hydrogen) atoms. The Balaban J connectivity index is 0.00000192. The molecule has 1 heterocycles. The molecule has 1 aromatic carbocycles. The van der Waals surface area contributed by atoms with Crippen molar-refractivity contribution in [2.75, 3.05) is 19.6 Å². The van der Waals surface area contributed by atoms with E-state index in [0.717, 1.165) is 43.4 Å². The van der Waals surface area contributed by atoms with Crippen LogP contribution in [0, 0.1) is 11.3 Å². The minimum Gasteiger partial charge on any atom is -0.355 e. The van der Waals surface area contributed by atoms with E-state index in [1.54, 1.807) is 0 Å². The summed E-state index contributed by atoms with van der Waals surface area (Å²) in [4.78, 5) is 13.6. The smallest absolute Gasteiger partial charge is 0.223 e. The van der Waals surface area contributed by atoms with Crippen LogP contribution in [0.5, 0.6) is 0 Å². The summed E-state index contributed by atoms with van der Waals surface area (Å²) in [7, 11) is 0. The molecule has 6 heteroatoms. The van der Waals surface area contributed by atoms with Crippen molar-refractivity contribution in [2.24, 2.45) is 11.3 Å². The Morgan fingerprint density at radius 3 is 2.70 bits per heavy atom. The molecule has 128 valence electrons. The number of benzene rings is 1. The molecule has 1 aromatic rings. The van der Waals surface area contributed by atoms with Gasteiger partial charge in [-0.3, -0.25) is 4.79 Å². The number of piperidine rings is 1. The largest absolute Gasteiger partial charge is 0.355 e. The van der Waals surface area contributed by atoms with Crippen LogP contribution in [0.2, 0.25) is 0 Å². The molecule has 3 rings (SSSR count). The fourth-order valence-corrected chi connectivity index (χ4v) is 4.54. The molecule has 2 unspecified atom stereocenters. The molecule has 3 nitrogen and oxygen atoms in total. The van der Waals surface area contributed by atoms with Crippen LogP contribution in [-0.2, 0) is 4.79 Å². The van der Waals surface area contributed by atoms with E-state index in [9.17, 15) is 4.79 Å². The molecule has 1 saturated carbocycles. The molecule has 1 aliphatic heterocycles. The fraction of sp³-hybridized carbons (Fsp3) is 0.588. The maximum atomic E-state index is 12.3. The molecule has 1 aliphatic carbocycles. The summed E-state index contributed by atoms with van der Waals surface area (Å²) in [5.74, 6) is 0.532. The molecule has 1 amide bonds. The third kappa shape index (κ3) is 4.88. The average molecular weight is 420 g/mol. The van der Waals surface area contributed by atoms with Gasteiger partial charge >= 0.3 is 0 Å². The number of halogens is 2.